The minimum atomic E-state index is 0.625. The Labute approximate surface area is 88.8 Å². The summed E-state index contributed by atoms with van der Waals surface area (Å²) < 4.78 is 5.36. The lowest BCUT2D eigenvalue weighted by molar-refractivity contribution is 0.339. The summed E-state index contributed by atoms with van der Waals surface area (Å²) in [5.74, 6) is 4.02. The topological polar surface area (TPSA) is 35.2 Å². The van der Waals surface area contributed by atoms with Crippen LogP contribution < -0.4 is 10.5 Å². The minimum Gasteiger partial charge on any atom is -0.494 e. The van der Waals surface area contributed by atoms with E-state index in [1.165, 1.54) is 0 Å². The zero-order valence-corrected chi connectivity index (χ0v) is 8.93. The molecule has 2 nitrogen and oxygen atoms in total. The molecule has 14 heavy (non-hydrogen) atoms. The van der Waals surface area contributed by atoms with Gasteiger partial charge in [0, 0.05) is 10.6 Å². The van der Waals surface area contributed by atoms with E-state index in [0.29, 0.717) is 12.4 Å². The quantitative estimate of drug-likeness (QED) is 0.468. The number of nitrogen functional groups attached to an aromatic ring is 1. The number of hydrogen-bond donors (Lipinski definition) is 1. The van der Waals surface area contributed by atoms with Crippen LogP contribution in [0.3, 0.4) is 0 Å². The second kappa shape index (κ2) is 5.46. The van der Waals surface area contributed by atoms with Crippen molar-refractivity contribution < 1.29 is 4.74 Å². The van der Waals surface area contributed by atoms with Crippen LogP contribution in [0.2, 0.25) is 0 Å². The summed E-state index contributed by atoms with van der Waals surface area (Å²) in [6.45, 7) is 2.60. The highest BCUT2D eigenvalue weighted by Crippen LogP contribution is 2.28. The van der Waals surface area contributed by atoms with Gasteiger partial charge in [-0.15, -0.1) is 18.2 Å². The van der Waals surface area contributed by atoms with E-state index in [2.05, 4.69) is 5.92 Å². The third-order valence-corrected chi connectivity index (χ3v) is 2.58. The molecule has 3 heteroatoms. The van der Waals surface area contributed by atoms with Crippen LogP contribution in [0.4, 0.5) is 5.69 Å². The zero-order valence-electron chi connectivity index (χ0n) is 8.12. The molecule has 0 aliphatic rings. The fraction of sp³-hybridized carbons (Fsp3) is 0.273. The first-order valence-corrected chi connectivity index (χ1v) is 5.35. The number of hydrogen-bond acceptors (Lipinski definition) is 3. The van der Waals surface area contributed by atoms with Crippen LogP contribution >= 0.6 is 11.8 Å². The van der Waals surface area contributed by atoms with Crippen molar-refractivity contribution in [2.24, 2.45) is 0 Å². The Kier molecular flexibility index (Phi) is 4.21. The third kappa shape index (κ3) is 2.90. The molecule has 1 aromatic carbocycles. The van der Waals surface area contributed by atoms with Gasteiger partial charge in [0.05, 0.1) is 12.4 Å². The average Bonchev–Trinajstić information content (AvgIpc) is 2.19. The predicted molar refractivity (Wildman–Crippen MR) is 61.6 cm³/mol. The molecule has 0 atom stereocenters. The second-order valence-electron chi connectivity index (χ2n) is 2.63. The molecule has 74 valence electrons. The Morgan fingerprint density at radius 1 is 1.57 bits per heavy atom. The molecular formula is C11H13NOS. The largest absolute Gasteiger partial charge is 0.494 e. The van der Waals surface area contributed by atoms with Crippen LogP contribution in [0.25, 0.3) is 0 Å². The molecule has 2 N–H and O–H groups in total. The van der Waals surface area contributed by atoms with Crippen LogP contribution in [-0.4, -0.2) is 12.4 Å². The van der Waals surface area contributed by atoms with Crippen LogP contribution in [0, 0.1) is 12.3 Å². The van der Waals surface area contributed by atoms with Crippen molar-refractivity contribution in [1.29, 1.82) is 0 Å². The van der Waals surface area contributed by atoms with Crippen LogP contribution in [0.1, 0.15) is 6.92 Å². The van der Waals surface area contributed by atoms with Gasteiger partial charge in [-0.05, 0) is 25.1 Å². The highest BCUT2D eigenvalue weighted by molar-refractivity contribution is 7.99. The smallest absolute Gasteiger partial charge is 0.120 e. The molecule has 0 aromatic heterocycles. The van der Waals surface area contributed by atoms with Gasteiger partial charge in [0.1, 0.15) is 5.75 Å². The van der Waals surface area contributed by atoms with Gasteiger partial charge in [0.25, 0.3) is 0 Å². The van der Waals surface area contributed by atoms with Crippen molar-refractivity contribution in [2.75, 3.05) is 18.1 Å². The van der Waals surface area contributed by atoms with Gasteiger partial charge in [-0.25, -0.2) is 0 Å². The lowest BCUT2D eigenvalue weighted by atomic mass is 10.3. The van der Waals surface area contributed by atoms with Gasteiger partial charge in [0.2, 0.25) is 0 Å². The van der Waals surface area contributed by atoms with E-state index >= 15 is 0 Å². The molecule has 0 amide bonds. The average molecular weight is 207 g/mol. The molecule has 0 unspecified atom stereocenters. The van der Waals surface area contributed by atoms with Crippen LogP contribution in [-0.2, 0) is 0 Å². The molecule has 0 radical (unpaired) electrons. The van der Waals surface area contributed by atoms with Gasteiger partial charge in [-0.1, -0.05) is 5.92 Å². The molecule has 0 fully saturated rings. The molecule has 0 spiro atoms. The number of anilines is 1. The van der Waals surface area contributed by atoms with E-state index < -0.39 is 0 Å². The van der Waals surface area contributed by atoms with E-state index in [1.54, 1.807) is 11.8 Å². The first kappa shape index (κ1) is 10.8. The summed E-state index contributed by atoms with van der Waals surface area (Å²) in [4.78, 5) is 0.980. The summed E-state index contributed by atoms with van der Waals surface area (Å²) >= 11 is 1.55. The molecular weight excluding hydrogens is 194 g/mol. The number of nitrogens with two attached hydrogens (primary N) is 1. The zero-order chi connectivity index (χ0) is 10.4. The third-order valence-electron chi connectivity index (χ3n) is 1.61. The van der Waals surface area contributed by atoms with Crippen molar-refractivity contribution in [2.45, 2.75) is 11.8 Å². The highest BCUT2D eigenvalue weighted by atomic mass is 32.2. The Bertz CT molecular complexity index is 344. The van der Waals surface area contributed by atoms with Crippen molar-refractivity contribution in [3.05, 3.63) is 18.2 Å². The molecule has 0 saturated carbocycles. The van der Waals surface area contributed by atoms with Crippen molar-refractivity contribution in [3.63, 3.8) is 0 Å². The summed E-state index contributed by atoms with van der Waals surface area (Å²) in [7, 11) is 0. The molecule has 0 bridgehead atoms. The minimum absolute atomic E-state index is 0.625. The van der Waals surface area contributed by atoms with Crippen LogP contribution in [0.15, 0.2) is 23.1 Å². The normalized spacial score (nSPS) is 9.43. The number of rotatable bonds is 4. The second-order valence-corrected chi connectivity index (χ2v) is 3.64. The molecule has 0 saturated heterocycles. The molecule has 1 rings (SSSR count). The van der Waals surface area contributed by atoms with Gasteiger partial charge >= 0.3 is 0 Å². The van der Waals surface area contributed by atoms with Crippen LogP contribution in [0.5, 0.6) is 5.75 Å². The SMILES string of the molecule is C#CCSc1cc(OCC)ccc1N. The number of thioether (sulfide) groups is 1. The standard InChI is InChI=1S/C11H13NOS/c1-3-7-14-11-8-9(13-4-2)5-6-10(11)12/h1,5-6,8H,4,7,12H2,2H3. The van der Waals surface area contributed by atoms with Crippen molar-refractivity contribution >= 4 is 17.4 Å². The number of ether oxygens (including phenoxy) is 1. The monoisotopic (exact) mass is 207 g/mol. The maximum absolute atomic E-state index is 5.78. The summed E-state index contributed by atoms with van der Waals surface area (Å²) in [5, 5.41) is 0. The van der Waals surface area contributed by atoms with Gasteiger partial charge < -0.3 is 10.5 Å². The predicted octanol–water partition coefficient (Wildman–Crippen LogP) is 2.39. The fourth-order valence-corrected chi connectivity index (χ4v) is 1.69. The maximum Gasteiger partial charge on any atom is 0.120 e. The molecule has 0 aliphatic carbocycles. The first-order valence-electron chi connectivity index (χ1n) is 4.36. The van der Waals surface area contributed by atoms with E-state index in [0.717, 1.165) is 16.3 Å². The summed E-state index contributed by atoms with van der Waals surface area (Å²) in [5.41, 5.74) is 6.53. The van der Waals surface area contributed by atoms with E-state index in [9.17, 15) is 0 Å². The molecule has 0 heterocycles. The van der Waals surface area contributed by atoms with Crippen molar-refractivity contribution in [1.82, 2.24) is 0 Å². The van der Waals surface area contributed by atoms with Gasteiger partial charge in [0.15, 0.2) is 0 Å². The van der Waals surface area contributed by atoms with E-state index in [1.807, 2.05) is 25.1 Å². The lowest BCUT2D eigenvalue weighted by Gasteiger charge is -2.07. The van der Waals surface area contributed by atoms with Gasteiger partial charge in [-0.3, -0.25) is 0 Å². The fourth-order valence-electron chi connectivity index (χ4n) is 1.02. The lowest BCUT2D eigenvalue weighted by Crippen LogP contribution is -1.94. The van der Waals surface area contributed by atoms with E-state index in [4.69, 9.17) is 16.9 Å². The maximum atomic E-state index is 5.78. The number of terminal acetylenes is 1. The summed E-state index contributed by atoms with van der Waals surface area (Å²) in [6.07, 6.45) is 5.18. The Hall–Kier alpha value is -1.27. The Morgan fingerprint density at radius 3 is 3.00 bits per heavy atom. The Morgan fingerprint density at radius 2 is 2.36 bits per heavy atom. The number of benzene rings is 1. The summed E-state index contributed by atoms with van der Waals surface area (Å²) in [6, 6.07) is 5.61. The van der Waals surface area contributed by atoms with Crippen molar-refractivity contribution in [3.8, 4) is 18.1 Å². The Balaban J connectivity index is 2.80. The van der Waals surface area contributed by atoms with Gasteiger partial charge in [-0.2, -0.15) is 0 Å². The highest BCUT2D eigenvalue weighted by Gasteiger charge is 2.01. The van der Waals surface area contributed by atoms with E-state index in [-0.39, 0.29) is 0 Å². The molecule has 0 aliphatic heterocycles. The first-order chi connectivity index (χ1) is 6.77. The molecule has 1 aromatic rings.